The summed E-state index contributed by atoms with van der Waals surface area (Å²) in [6, 6.07) is 11.4. The van der Waals surface area contributed by atoms with Gasteiger partial charge in [0.1, 0.15) is 0 Å². The maximum absolute atomic E-state index is 6.40. The largest absolute Gasteiger partial charge is 0.369 e. The fourth-order valence-electron chi connectivity index (χ4n) is 2.59. The quantitative estimate of drug-likeness (QED) is 0.312. The first kappa shape index (κ1) is 17.8. The Morgan fingerprint density at radius 3 is 2.68 bits per heavy atom. The zero-order chi connectivity index (χ0) is 18.0. The first-order valence-electron chi connectivity index (χ1n) is 7.31. The van der Waals surface area contributed by atoms with E-state index in [-0.39, 0.29) is 5.96 Å². The van der Waals surface area contributed by atoms with Gasteiger partial charge < -0.3 is 16.5 Å². The molecule has 0 fully saturated rings. The second-order valence-corrected chi connectivity index (χ2v) is 7.08. The molecule has 0 aliphatic heterocycles. The Labute approximate surface area is 162 Å². The van der Waals surface area contributed by atoms with E-state index < -0.39 is 0 Å². The highest BCUT2D eigenvalue weighted by atomic mass is 79.9. The number of nitrogens with zero attached hydrogens (tertiary/aromatic N) is 2. The molecular weight excluding hydrogens is 425 g/mol. The fraction of sp³-hybridized carbons (Fsp3) is 0.0588. The molecule has 0 aliphatic carbocycles. The van der Waals surface area contributed by atoms with Crippen LogP contribution in [0.3, 0.4) is 0 Å². The van der Waals surface area contributed by atoms with Gasteiger partial charge in [0.05, 0.1) is 10.7 Å². The topological polar surface area (TPSA) is 92.6 Å². The molecule has 0 aliphatic rings. The second kappa shape index (κ2) is 7.47. The zero-order valence-corrected chi connectivity index (χ0v) is 16.0. The van der Waals surface area contributed by atoms with Gasteiger partial charge in [0.15, 0.2) is 0 Å². The highest BCUT2D eigenvalue weighted by molar-refractivity contribution is 9.10. The van der Waals surface area contributed by atoms with Gasteiger partial charge in [-0.15, -0.1) is 5.10 Å². The number of H-pyrrole nitrogens is 1. The van der Waals surface area contributed by atoms with E-state index in [1.54, 1.807) is 12.3 Å². The van der Waals surface area contributed by atoms with Crippen LogP contribution in [0.2, 0.25) is 10.0 Å². The van der Waals surface area contributed by atoms with Crippen LogP contribution >= 0.6 is 39.1 Å². The van der Waals surface area contributed by atoms with Crippen molar-refractivity contribution >= 4 is 62.2 Å². The minimum absolute atomic E-state index is 0.0844. The molecule has 25 heavy (non-hydrogen) atoms. The number of guanidine groups is 1. The molecule has 3 aromatic rings. The second-order valence-electron chi connectivity index (χ2n) is 5.32. The maximum atomic E-state index is 6.40. The minimum Gasteiger partial charge on any atom is -0.369 e. The summed E-state index contributed by atoms with van der Waals surface area (Å²) in [6.45, 7) is 0. The first-order valence-corrected chi connectivity index (χ1v) is 8.86. The third kappa shape index (κ3) is 3.98. The van der Waals surface area contributed by atoms with E-state index in [1.807, 2.05) is 30.3 Å². The molecule has 5 N–H and O–H groups in total. The molecule has 2 aromatic carbocycles. The van der Waals surface area contributed by atoms with E-state index in [0.29, 0.717) is 16.5 Å². The van der Waals surface area contributed by atoms with Crippen LogP contribution in [0.15, 0.2) is 51.1 Å². The molecule has 0 radical (unpaired) electrons. The summed E-state index contributed by atoms with van der Waals surface area (Å²) in [6.07, 6.45) is 2.18. The number of fused-ring (bicyclic) bond motifs is 1. The molecule has 0 spiro atoms. The average Bonchev–Trinajstić information content (AvgIpc) is 2.89. The standard InChI is InChI=1S/C17H14BrCl2N5/c18-9-1-4-15-13(7-9)11(5-6-23-25-17(21)22)16(24-15)12-3-2-10(19)8-14(12)20/h1-4,6-8,24H,5H2,(H4,21,22,25). The number of aromatic amines is 1. The Morgan fingerprint density at radius 2 is 1.96 bits per heavy atom. The van der Waals surface area contributed by atoms with Gasteiger partial charge in [0.2, 0.25) is 5.96 Å². The summed E-state index contributed by atoms with van der Waals surface area (Å²) >= 11 is 15.9. The summed E-state index contributed by atoms with van der Waals surface area (Å²) in [7, 11) is 0. The lowest BCUT2D eigenvalue weighted by Gasteiger charge is -2.06. The van der Waals surface area contributed by atoms with Gasteiger partial charge in [-0.05, 0) is 42.0 Å². The van der Waals surface area contributed by atoms with Gasteiger partial charge in [0, 0.05) is 38.6 Å². The predicted octanol–water partition coefficient (Wildman–Crippen LogP) is 4.71. The molecule has 3 rings (SSSR count). The monoisotopic (exact) mass is 437 g/mol. The molecule has 0 saturated heterocycles. The number of nitrogens with two attached hydrogens (primary N) is 2. The molecule has 0 bridgehead atoms. The van der Waals surface area contributed by atoms with Crippen LogP contribution in [-0.4, -0.2) is 17.2 Å². The molecule has 0 unspecified atom stereocenters. The lowest BCUT2D eigenvalue weighted by atomic mass is 10.0. The summed E-state index contributed by atoms with van der Waals surface area (Å²) in [5.41, 5.74) is 14.4. The predicted molar refractivity (Wildman–Crippen MR) is 109 cm³/mol. The van der Waals surface area contributed by atoms with E-state index in [1.165, 1.54) is 0 Å². The first-order chi connectivity index (χ1) is 12.0. The molecule has 0 atom stereocenters. The van der Waals surface area contributed by atoms with Gasteiger partial charge >= 0.3 is 0 Å². The minimum atomic E-state index is -0.0844. The van der Waals surface area contributed by atoms with Crippen LogP contribution in [-0.2, 0) is 6.42 Å². The van der Waals surface area contributed by atoms with Gasteiger partial charge in [-0.25, -0.2) is 0 Å². The zero-order valence-electron chi connectivity index (χ0n) is 12.9. The number of rotatable bonds is 4. The highest BCUT2D eigenvalue weighted by Gasteiger charge is 2.15. The van der Waals surface area contributed by atoms with E-state index in [0.717, 1.165) is 32.2 Å². The Morgan fingerprint density at radius 1 is 1.16 bits per heavy atom. The van der Waals surface area contributed by atoms with Gasteiger partial charge in [0.25, 0.3) is 0 Å². The molecule has 0 saturated carbocycles. The number of aromatic nitrogens is 1. The van der Waals surface area contributed by atoms with Gasteiger partial charge in [-0.1, -0.05) is 39.1 Å². The third-order valence-electron chi connectivity index (χ3n) is 3.62. The van der Waals surface area contributed by atoms with Crippen molar-refractivity contribution in [3.63, 3.8) is 0 Å². The van der Waals surface area contributed by atoms with Crippen LogP contribution in [0.25, 0.3) is 22.2 Å². The van der Waals surface area contributed by atoms with Crippen LogP contribution < -0.4 is 11.5 Å². The van der Waals surface area contributed by atoms with Crippen LogP contribution in [0, 0.1) is 0 Å². The number of nitrogens with one attached hydrogen (secondary N) is 1. The smallest absolute Gasteiger partial charge is 0.211 e. The lowest BCUT2D eigenvalue weighted by molar-refractivity contribution is 1.19. The molecule has 5 nitrogen and oxygen atoms in total. The Balaban J connectivity index is 2.15. The number of benzene rings is 2. The Hall–Kier alpha value is -2.02. The number of halogens is 3. The molecule has 0 amide bonds. The average molecular weight is 439 g/mol. The van der Waals surface area contributed by atoms with Crippen molar-refractivity contribution < 1.29 is 0 Å². The summed E-state index contributed by atoms with van der Waals surface area (Å²) in [4.78, 5) is 3.42. The molecule has 1 heterocycles. The Kier molecular flexibility index (Phi) is 5.32. The van der Waals surface area contributed by atoms with Crippen LogP contribution in [0.1, 0.15) is 5.56 Å². The van der Waals surface area contributed by atoms with Crippen molar-refractivity contribution in [2.75, 3.05) is 0 Å². The van der Waals surface area contributed by atoms with Crippen LogP contribution in [0.4, 0.5) is 0 Å². The fourth-order valence-corrected chi connectivity index (χ4v) is 3.46. The van der Waals surface area contributed by atoms with Crippen molar-refractivity contribution in [3.05, 3.63) is 56.5 Å². The third-order valence-corrected chi connectivity index (χ3v) is 4.66. The molecule has 128 valence electrons. The van der Waals surface area contributed by atoms with Gasteiger partial charge in [-0.2, -0.15) is 5.10 Å². The van der Waals surface area contributed by atoms with Crippen molar-refractivity contribution in [1.29, 1.82) is 0 Å². The van der Waals surface area contributed by atoms with E-state index in [4.69, 9.17) is 34.7 Å². The van der Waals surface area contributed by atoms with Gasteiger partial charge in [-0.3, -0.25) is 0 Å². The van der Waals surface area contributed by atoms with E-state index in [2.05, 4.69) is 31.1 Å². The lowest BCUT2D eigenvalue weighted by Crippen LogP contribution is -2.21. The van der Waals surface area contributed by atoms with Crippen molar-refractivity contribution in [2.45, 2.75) is 6.42 Å². The Bertz CT molecular complexity index is 990. The van der Waals surface area contributed by atoms with Crippen molar-refractivity contribution in [1.82, 2.24) is 4.98 Å². The normalized spacial score (nSPS) is 11.3. The molecule has 1 aromatic heterocycles. The maximum Gasteiger partial charge on any atom is 0.211 e. The SMILES string of the molecule is NC(N)=NN=CCc1c(-c2ccc(Cl)cc2Cl)[nH]c2ccc(Br)cc12. The molecule has 8 heteroatoms. The van der Waals surface area contributed by atoms with Crippen molar-refractivity contribution in [2.24, 2.45) is 21.7 Å². The van der Waals surface area contributed by atoms with E-state index >= 15 is 0 Å². The van der Waals surface area contributed by atoms with Crippen LogP contribution in [0.5, 0.6) is 0 Å². The number of hydrogen-bond acceptors (Lipinski definition) is 2. The number of hydrogen-bond donors (Lipinski definition) is 3. The molecular formula is C17H14BrCl2N5. The summed E-state index contributed by atoms with van der Waals surface area (Å²) < 4.78 is 0.982. The van der Waals surface area contributed by atoms with E-state index in [9.17, 15) is 0 Å². The van der Waals surface area contributed by atoms with Crippen molar-refractivity contribution in [3.8, 4) is 11.3 Å². The summed E-state index contributed by atoms with van der Waals surface area (Å²) in [5.74, 6) is -0.0844. The summed E-state index contributed by atoms with van der Waals surface area (Å²) in [5, 5.41) is 9.73. The highest BCUT2D eigenvalue weighted by Crippen LogP contribution is 2.36.